The lowest BCUT2D eigenvalue weighted by atomic mass is 10.2. The number of aryl methyl sites for hydroxylation is 1. The predicted molar refractivity (Wildman–Crippen MR) is 94.7 cm³/mol. The highest BCUT2D eigenvalue weighted by atomic mass is 32.2. The van der Waals surface area contributed by atoms with Crippen molar-refractivity contribution in [2.45, 2.75) is 24.0 Å². The Labute approximate surface area is 141 Å². The van der Waals surface area contributed by atoms with Gasteiger partial charge in [0.25, 0.3) is 0 Å². The molecule has 0 aliphatic carbocycles. The zero-order valence-corrected chi connectivity index (χ0v) is 14.6. The molecule has 0 saturated carbocycles. The van der Waals surface area contributed by atoms with Gasteiger partial charge in [0.05, 0.1) is 19.5 Å². The zero-order chi connectivity index (χ0) is 16.8. The van der Waals surface area contributed by atoms with Gasteiger partial charge in [0.1, 0.15) is 0 Å². The largest absolute Gasteiger partial charge is 0.493 e. The molecule has 0 aliphatic heterocycles. The van der Waals surface area contributed by atoms with E-state index in [4.69, 9.17) is 9.47 Å². The van der Waals surface area contributed by atoms with Gasteiger partial charge in [-0.1, -0.05) is 18.2 Å². The van der Waals surface area contributed by atoms with E-state index >= 15 is 0 Å². The fourth-order valence-electron chi connectivity index (χ4n) is 2.10. The number of thioether (sulfide) groups is 1. The van der Waals surface area contributed by atoms with Crippen LogP contribution in [0.4, 0.5) is 5.69 Å². The van der Waals surface area contributed by atoms with Crippen LogP contribution in [0.1, 0.15) is 12.5 Å². The van der Waals surface area contributed by atoms with Gasteiger partial charge in [-0.05, 0) is 43.7 Å². The van der Waals surface area contributed by atoms with E-state index in [1.807, 2.05) is 56.3 Å². The topological polar surface area (TPSA) is 47.6 Å². The summed E-state index contributed by atoms with van der Waals surface area (Å²) in [5, 5.41) is 2.74. The highest BCUT2D eigenvalue weighted by Crippen LogP contribution is 2.33. The Morgan fingerprint density at radius 2 is 1.78 bits per heavy atom. The van der Waals surface area contributed by atoms with E-state index in [1.165, 1.54) is 11.8 Å². The van der Waals surface area contributed by atoms with Crippen molar-refractivity contribution < 1.29 is 14.3 Å². The molecule has 1 unspecified atom stereocenters. The van der Waals surface area contributed by atoms with E-state index in [9.17, 15) is 4.79 Å². The molecule has 0 aliphatic rings. The number of amides is 1. The number of rotatable bonds is 6. The second kappa shape index (κ2) is 7.92. The molecule has 2 aromatic rings. The maximum Gasteiger partial charge on any atom is 0.237 e. The summed E-state index contributed by atoms with van der Waals surface area (Å²) in [7, 11) is 3.20. The van der Waals surface area contributed by atoms with Crippen LogP contribution in [-0.2, 0) is 4.79 Å². The van der Waals surface area contributed by atoms with E-state index in [2.05, 4.69) is 5.32 Å². The highest BCUT2D eigenvalue weighted by Gasteiger charge is 2.16. The number of hydrogen-bond donors (Lipinski definition) is 1. The summed E-state index contributed by atoms with van der Waals surface area (Å²) in [5.41, 5.74) is 1.89. The van der Waals surface area contributed by atoms with E-state index in [1.54, 1.807) is 14.2 Å². The average molecular weight is 331 g/mol. The molecule has 2 rings (SSSR count). The van der Waals surface area contributed by atoms with Crippen LogP contribution in [-0.4, -0.2) is 25.4 Å². The first-order valence-electron chi connectivity index (χ1n) is 7.30. The standard InChI is InChI=1S/C18H21NO3S/c1-12-7-5-6-8-15(12)19-18(20)13(2)23-14-9-10-16(21-3)17(11-14)22-4/h5-11,13H,1-4H3,(H,19,20). The molecule has 0 aromatic heterocycles. The van der Waals surface area contributed by atoms with Gasteiger partial charge in [-0.15, -0.1) is 11.8 Å². The molecule has 0 spiro atoms. The van der Waals surface area contributed by atoms with Crippen LogP contribution < -0.4 is 14.8 Å². The Morgan fingerprint density at radius 3 is 2.43 bits per heavy atom. The third-order valence-corrected chi connectivity index (χ3v) is 4.53. The second-order valence-electron chi connectivity index (χ2n) is 5.08. The predicted octanol–water partition coefficient (Wildman–Crippen LogP) is 4.13. The molecular formula is C18H21NO3S. The normalized spacial score (nSPS) is 11.7. The Balaban J connectivity index is 2.05. The molecule has 4 nitrogen and oxygen atoms in total. The fraction of sp³-hybridized carbons (Fsp3) is 0.278. The minimum atomic E-state index is -0.229. The van der Waals surface area contributed by atoms with Crippen molar-refractivity contribution in [2.24, 2.45) is 0 Å². The van der Waals surface area contributed by atoms with Crippen LogP contribution in [0, 0.1) is 6.92 Å². The van der Waals surface area contributed by atoms with Gasteiger partial charge in [-0.25, -0.2) is 0 Å². The van der Waals surface area contributed by atoms with Crippen molar-refractivity contribution in [1.82, 2.24) is 0 Å². The van der Waals surface area contributed by atoms with Crippen molar-refractivity contribution in [3.8, 4) is 11.5 Å². The summed E-state index contributed by atoms with van der Waals surface area (Å²) >= 11 is 1.48. The zero-order valence-electron chi connectivity index (χ0n) is 13.8. The number of methoxy groups -OCH3 is 2. The Hall–Kier alpha value is -2.14. The van der Waals surface area contributed by atoms with Crippen LogP contribution in [0.3, 0.4) is 0 Å². The molecule has 0 radical (unpaired) electrons. The first-order chi connectivity index (χ1) is 11.0. The number of hydrogen-bond acceptors (Lipinski definition) is 4. The number of carbonyl (C=O) groups is 1. The first-order valence-corrected chi connectivity index (χ1v) is 8.18. The summed E-state index contributed by atoms with van der Waals surface area (Å²) in [6.07, 6.45) is 0. The molecule has 122 valence electrons. The second-order valence-corrected chi connectivity index (χ2v) is 6.50. The summed E-state index contributed by atoms with van der Waals surface area (Å²) in [6.45, 7) is 3.86. The molecule has 5 heteroatoms. The summed E-state index contributed by atoms with van der Waals surface area (Å²) in [4.78, 5) is 13.3. The molecule has 0 heterocycles. The van der Waals surface area contributed by atoms with Gasteiger partial charge in [-0.2, -0.15) is 0 Å². The fourth-order valence-corrected chi connectivity index (χ4v) is 2.99. The summed E-state index contributed by atoms with van der Waals surface area (Å²) < 4.78 is 10.5. The van der Waals surface area contributed by atoms with Crippen molar-refractivity contribution in [3.05, 3.63) is 48.0 Å². The van der Waals surface area contributed by atoms with Crippen molar-refractivity contribution in [1.29, 1.82) is 0 Å². The van der Waals surface area contributed by atoms with E-state index in [0.29, 0.717) is 11.5 Å². The number of anilines is 1. The number of carbonyl (C=O) groups excluding carboxylic acids is 1. The number of benzene rings is 2. The van der Waals surface area contributed by atoms with Crippen LogP contribution in [0.15, 0.2) is 47.4 Å². The Bertz CT molecular complexity index is 688. The molecule has 0 saturated heterocycles. The minimum Gasteiger partial charge on any atom is -0.493 e. The Morgan fingerprint density at radius 1 is 1.09 bits per heavy atom. The van der Waals surface area contributed by atoms with Gasteiger partial charge in [0.15, 0.2) is 11.5 Å². The molecule has 23 heavy (non-hydrogen) atoms. The molecule has 1 atom stereocenters. The van der Waals surface area contributed by atoms with Gasteiger partial charge >= 0.3 is 0 Å². The third-order valence-electron chi connectivity index (χ3n) is 3.44. The number of nitrogens with one attached hydrogen (secondary N) is 1. The maximum absolute atomic E-state index is 12.4. The maximum atomic E-state index is 12.4. The van der Waals surface area contributed by atoms with Crippen molar-refractivity contribution in [3.63, 3.8) is 0 Å². The van der Waals surface area contributed by atoms with Gasteiger partial charge in [-0.3, -0.25) is 4.79 Å². The van der Waals surface area contributed by atoms with Gasteiger partial charge < -0.3 is 14.8 Å². The molecule has 1 amide bonds. The smallest absolute Gasteiger partial charge is 0.237 e. The molecule has 0 bridgehead atoms. The quantitative estimate of drug-likeness (QED) is 0.809. The lowest BCUT2D eigenvalue weighted by Crippen LogP contribution is -2.22. The number of para-hydroxylation sites is 1. The monoisotopic (exact) mass is 331 g/mol. The van der Waals surface area contributed by atoms with Crippen LogP contribution >= 0.6 is 11.8 Å². The Kier molecular flexibility index (Phi) is 5.93. The van der Waals surface area contributed by atoms with E-state index < -0.39 is 0 Å². The average Bonchev–Trinajstić information content (AvgIpc) is 2.56. The van der Waals surface area contributed by atoms with Crippen LogP contribution in [0.2, 0.25) is 0 Å². The van der Waals surface area contributed by atoms with E-state index in [-0.39, 0.29) is 11.2 Å². The lowest BCUT2D eigenvalue weighted by molar-refractivity contribution is -0.115. The third kappa shape index (κ3) is 4.42. The van der Waals surface area contributed by atoms with Crippen molar-refractivity contribution in [2.75, 3.05) is 19.5 Å². The van der Waals surface area contributed by atoms with Gasteiger partial charge in [0.2, 0.25) is 5.91 Å². The van der Waals surface area contributed by atoms with Crippen molar-refractivity contribution >= 4 is 23.4 Å². The minimum absolute atomic E-state index is 0.0286. The van der Waals surface area contributed by atoms with Crippen LogP contribution in [0.25, 0.3) is 0 Å². The SMILES string of the molecule is COc1ccc(SC(C)C(=O)Nc2ccccc2C)cc1OC. The first kappa shape index (κ1) is 17.2. The number of ether oxygens (including phenoxy) is 2. The van der Waals surface area contributed by atoms with E-state index in [0.717, 1.165) is 16.1 Å². The molecule has 1 N–H and O–H groups in total. The molecule has 2 aromatic carbocycles. The molecule has 0 fully saturated rings. The highest BCUT2D eigenvalue weighted by molar-refractivity contribution is 8.00. The molecular weight excluding hydrogens is 310 g/mol. The summed E-state index contributed by atoms with van der Waals surface area (Å²) in [5.74, 6) is 1.30. The van der Waals surface area contributed by atoms with Crippen LogP contribution in [0.5, 0.6) is 11.5 Å². The lowest BCUT2D eigenvalue weighted by Gasteiger charge is -2.14. The summed E-state index contributed by atoms with van der Waals surface area (Å²) in [6, 6.07) is 13.4. The van der Waals surface area contributed by atoms with Gasteiger partial charge in [0, 0.05) is 10.6 Å².